The van der Waals surface area contributed by atoms with E-state index in [4.69, 9.17) is 0 Å². The van der Waals surface area contributed by atoms with Gasteiger partial charge in [0.2, 0.25) is 5.91 Å². The van der Waals surface area contributed by atoms with Gasteiger partial charge in [-0.3, -0.25) is 4.79 Å². The standard InChI is InChI=1S/C17H28N2O/c1-13(2)5-10-17(20)19-16-8-6-15(7-9-16)11-12-18-14(3)4/h6-9,13-14,18H,5,10-12H2,1-4H3,(H,19,20). The maximum atomic E-state index is 11.7. The van der Waals surface area contributed by atoms with Crippen LogP contribution in [0, 0.1) is 5.92 Å². The van der Waals surface area contributed by atoms with Gasteiger partial charge in [-0.1, -0.05) is 39.8 Å². The first-order valence-corrected chi connectivity index (χ1v) is 7.59. The van der Waals surface area contributed by atoms with Crippen LogP contribution in [0.2, 0.25) is 0 Å². The minimum absolute atomic E-state index is 0.105. The number of nitrogens with one attached hydrogen (secondary N) is 2. The summed E-state index contributed by atoms with van der Waals surface area (Å²) in [7, 11) is 0. The Morgan fingerprint density at radius 3 is 2.30 bits per heavy atom. The van der Waals surface area contributed by atoms with Gasteiger partial charge in [-0.05, 0) is 43.0 Å². The Morgan fingerprint density at radius 2 is 1.75 bits per heavy atom. The number of hydrogen-bond donors (Lipinski definition) is 2. The van der Waals surface area contributed by atoms with Crippen LogP contribution in [0.1, 0.15) is 46.1 Å². The van der Waals surface area contributed by atoms with Gasteiger partial charge in [0, 0.05) is 18.2 Å². The molecule has 1 aromatic carbocycles. The quantitative estimate of drug-likeness (QED) is 0.761. The lowest BCUT2D eigenvalue weighted by molar-refractivity contribution is -0.116. The normalized spacial score (nSPS) is 11.1. The van der Waals surface area contributed by atoms with Crippen LogP contribution >= 0.6 is 0 Å². The van der Waals surface area contributed by atoms with E-state index in [1.165, 1.54) is 5.56 Å². The molecular weight excluding hydrogens is 248 g/mol. The Labute approximate surface area is 123 Å². The lowest BCUT2D eigenvalue weighted by Gasteiger charge is -2.09. The maximum Gasteiger partial charge on any atom is 0.224 e. The van der Waals surface area contributed by atoms with Gasteiger partial charge in [-0.25, -0.2) is 0 Å². The van der Waals surface area contributed by atoms with Gasteiger partial charge in [-0.2, -0.15) is 0 Å². The highest BCUT2D eigenvalue weighted by molar-refractivity contribution is 5.90. The first kappa shape index (κ1) is 16.7. The molecule has 0 aliphatic carbocycles. The van der Waals surface area contributed by atoms with Crippen LogP contribution in [0.5, 0.6) is 0 Å². The lowest BCUT2D eigenvalue weighted by Crippen LogP contribution is -2.24. The van der Waals surface area contributed by atoms with Crippen LogP contribution in [0.25, 0.3) is 0 Å². The van der Waals surface area contributed by atoms with E-state index in [9.17, 15) is 4.79 Å². The molecule has 3 nitrogen and oxygen atoms in total. The molecular formula is C17H28N2O. The average molecular weight is 276 g/mol. The number of carbonyl (C=O) groups is 1. The molecule has 0 heterocycles. The van der Waals surface area contributed by atoms with Crippen molar-refractivity contribution in [2.45, 2.75) is 53.0 Å². The van der Waals surface area contributed by atoms with Crippen molar-refractivity contribution in [3.63, 3.8) is 0 Å². The van der Waals surface area contributed by atoms with Crippen LogP contribution in [0.3, 0.4) is 0 Å². The van der Waals surface area contributed by atoms with Gasteiger partial charge < -0.3 is 10.6 Å². The molecule has 0 aliphatic rings. The van der Waals surface area contributed by atoms with Crippen molar-refractivity contribution in [2.24, 2.45) is 5.92 Å². The van der Waals surface area contributed by atoms with E-state index >= 15 is 0 Å². The summed E-state index contributed by atoms with van der Waals surface area (Å²) in [5, 5.41) is 6.34. The summed E-state index contributed by atoms with van der Waals surface area (Å²) in [6, 6.07) is 8.66. The Morgan fingerprint density at radius 1 is 1.10 bits per heavy atom. The molecule has 0 aromatic heterocycles. The van der Waals surface area contributed by atoms with Gasteiger partial charge in [0.1, 0.15) is 0 Å². The zero-order valence-electron chi connectivity index (χ0n) is 13.2. The molecule has 0 saturated heterocycles. The Hall–Kier alpha value is -1.35. The third kappa shape index (κ3) is 7.29. The molecule has 0 fully saturated rings. The second kappa shape index (κ2) is 8.75. The molecule has 0 bridgehead atoms. The summed E-state index contributed by atoms with van der Waals surface area (Å²) >= 11 is 0. The van der Waals surface area contributed by atoms with Crippen molar-refractivity contribution in [3.8, 4) is 0 Å². The van der Waals surface area contributed by atoms with Crippen molar-refractivity contribution in [1.29, 1.82) is 0 Å². The molecule has 1 amide bonds. The highest BCUT2D eigenvalue weighted by Crippen LogP contribution is 2.11. The third-order valence-electron chi connectivity index (χ3n) is 3.15. The van der Waals surface area contributed by atoms with Gasteiger partial charge in [0.05, 0.1) is 0 Å². The van der Waals surface area contributed by atoms with E-state index in [1.54, 1.807) is 0 Å². The van der Waals surface area contributed by atoms with Crippen molar-refractivity contribution in [2.75, 3.05) is 11.9 Å². The summed E-state index contributed by atoms with van der Waals surface area (Å²) in [5.41, 5.74) is 2.18. The van der Waals surface area contributed by atoms with Gasteiger partial charge in [0.15, 0.2) is 0 Å². The molecule has 1 aromatic rings. The fraction of sp³-hybridized carbons (Fsp3) is 0.588. The van der Waals surface area contributed by atoms with E-state index in [1.807, 2.05) is 12.1 Å². The maximum absolute atomic E-state index is 11.7. The largest absolute Gasteiger partial charge is 0.326 e. The predicted octanol–water partition coefficient (Wildman–Crippen LogP) is 3.60. The van der Waals surface area contributed by atoms with Crippen LogP contribution in [0.15, 0.2) is 24.3 Å². The monoisotopic (exact) mass is 276 g/mol. The van der Waals surface area contributed by atoms with Crippen LogP contribution in [0.4, 0.5) is 5.69 Å². The molecule has 0 spiro atoms. The first-order valence-electron chi connectivity index (χ1n) is 7.59. The highest BCUT2D eigenvalue weighted by Gasteiger charge is 2.04. The van der Waals surface area contributed by atoms with Gasteiger partial charge in [-0.15, -0.1) is 0 Å². The molecule has 1 rings (SSSR count). The molecule has 3 heteroatoms. The zero-order valence-corrected chi connectivity index (χ0v) is 13.2. The topological polar surface area (TPSA) is 41.1 Å². The van der Waals surface area contributed by atoms with E-state index in [2.05, 4.69) is 50.5 Å². The van der Waals surface area contributed by atoms with E-state index in [0.29, 0.717) is 18.4 Å². The van der Waals surface area contributed by atoms with Crippen molar-refractivity contribution < 1.29 is 4.79 Å². The van der Waals surface area contributed by atoms with Crippen molar-refractivity contribution in [1.82, 2.24) is 5.32 Å². The molecule has 2 N–H and O–H groups in total. The molecule has 0 atom stereocenters. The van der Waals surface area contributed by atoms with Gasteiger partial charge >= 0.3 is 0 Å². The summed E-state index contributed by atoms with van der Waals surface area (Å²) in [4.78, 5) is 11.7. The zero-order chi connectivity index (χ0) is 15.0. The smallest absolute Gasteiger partial charge is 0.224 e. The predicted molar refractivity (Wildman–Crippen MR) is 86.0 cm³/mol. The van der Waals surface area contributed by atoms with Crippen LogP contribution < -0.4 is 10.6 Å². The Kier molecular flexibility index (Phi) is 7.31. The number of hydrogen-bond acceptors (Lipinski definition) is 2. The molecule has 0 saturated carbocycles. The average Bonchev–Trinajstić information content (AvgIpc) is 2.38. The SMILES string of the molecule is CC(C)CCC(=O)Nc1ccc(CCNC(C)C)cc1. The molecule has 0 radical (unpaired) electrons. The summed E-state index contributed by atoms with van der Waals surface area (Å²) in [6.07, 6.45) is 2.54. The molecule has 20 heavy (non-hydrogen) atoms. The highest BCUT2D eigenvalue weighted by atomic mass is 16.1. The van der Waals surface area contributed by atoms with Crippen LogP contribution in [-0.4, -0.2) is 18.5 Å². The molecule has 112 valence electrons. The number of anilines is 1. The second-order valence-corrected chi connectivity index (χ2v) is 6.04. The lowest BCUT2D eigenvalue weighted by atomic mass is 10.1. The minimum atomic E-state index is 0.105. The van der Waals surface area contributed by atoms with Gasteiger partial charge in [0.25, 0.3) is 0 Å². The molecule has 0 aliphatic heterocycles. The molecule has 0 unspecified atom stereocenters. The Balaban J connectivity index is 2.36. The number of rotatable bonds is 8. The minimum Gasteiger partial charge on any atom is -0.326 e. The summed E-state index contributed by atoms with van der Waals surface area (Å²) in [5.74, 6) is 0.671. The second-order valence-electron chi connectivity index (χ2n) is 6.04. The number of benzene rings is 1. The van der Waals surface area contributed by atoms with E-state index in [-0.39, 0.29) is 5.91 Å². The summed E-state index contributed by atoms with van der Waals surface area (Å²) < 4.78 is 0. The van der Waals surface area contributed by atoms with Crippen molar-refractivity contribution >= 4 is 11.6 Å². The number of carbonyl (C=O) groups excluding carboxylic acids is 1. The Bertz CT molecular complexity index is 396. The fourth-order valence-electron chi connectivity index (χ4n) is 1.90. The van der Waals surface area contributed by atoms with Crippen LogP contribution in [-0.2, 0) is 11.2 Å². The summed E-state index contributed by atoms with van der Waals surface area (Å²) in [6.45, 7) is 9.55. The fourth-order valence-corrected chi connectivity index (χ4v) is 1.90. The van der Waals surface area contributed by atoms with Crippen molar-refractivity contribution in [3.05, 3.63) is 29.8 Å². The van der Waals surface area contributed by atoms with E-state index in [0.717, 1.165) is 25.1 Å². The third-order valence-corrected chi connectivity index (χ3v) is 3.15. The van der Waals surface area contributed by atoms with E-state index < -0.39 is 0 Å². The first-order chi connectivity index (χ1) is 9.47. The number of amides is 1.